The summed E-state index contributed by atoms with van der Waals surface area (Å²) < 4.78 is 6.71. The van der Waals surface area contributed by atoms with Gasteiger partial charge >= 0.3 is 5.69 Å². The van der Waals surface area contributed by atoms with Crippen molar-refractivity contribution in [2.75, 3.05) is 6.61 Å². The van der Waals surface area contributed by atoms with Crippen LogP contribution in [0.15, 0.2) is 15.8 Å². The number of ether oxygens (including phenoxy) is 1. The van der Waals surface area contributed by atoms with Gasteiger partial charge in [-0.25, -0.2) is 4.79 Å². The standard InChI is InChI=1S/C13H20N2O5/c1-2-3-4-8-6-15(13(19)14-12(8)18)11-5-9(17)10(7-16)20-11/h6,9-11,16-17H,2-5,7H2,1H3,(H,14,18,19). The zero-order chi connectivity index (χ0) is 14.7. The maximum Gasteiger partial charge on any atom is 0.330 e. The molecule has 7 nitrogen and oxygen atoms in total. The van der Waals surface area contributed by atoms with Crippen LogP contribution in [0.5, 0.6) is 0 Å². The van der Waals surface area contributed by atoms with E-state index in [2.05, 4.69) is 4.98 Å². The lowest BCUT2D eigenvalue weighted by Gasteiger charge is -2.15. The lowest BCUT2D eigenvalue weighted by Crippen LogP contribution is -2.34. The van der Waals surface area contributed by atoms with Crippen LogP contribution >= 0.6 is 0 Å². The van der Waals surface area contributed by atoms with E-state index in [4.69, 9.17) is 9.84 Å². The molecule has 1 aromatic rings. The molecule has 2 rings (SSSR count). The molecule has 0 amide bonds. The Balaban J connectivity index is 2.28. The Morgan fingerprint density at radius 3 is 2.85 bits per heavy atom. The Bertz CT molecular complexity index is 565. The molecule has 7 heteroatoms. The number of nitrogens with zero attached hydrogens (tertiary/aromatic N) is 1. The summed E-state index contributed by atoms with van der Waals surface area (Å²) in [5, 5.41) is 18.8. The lowest BCUT2D eigenvalue weighted by molar-refractivity contribution is -0.0460. The third-order valence-electron chi connectivity index (χ3n) is 3.54. The summed E-state index contributed by atoms with van der Waals surface area (Å²) in [6.45, 7) is 1.71. The third-order valence-corrected chi connectivity index (χ3v) is 3.54. The Morgan fingerprint density at radius 1 is 1.50 bits per heavy atom. The molecule has 0 bridgehead atoms. The van der Waals surface area contributed by atoms with Gasteiger partial charge in [-0.2, -0.15) is 0 Å². The predicted molar refractivity (Wildman–Crippen MR) is 71.6 cm³/mol. The Labute approximate surface area is 115 Å². The van der Waals surface area contributed by atoms with Crippen molar-refractivity contribution in [2.24, 2.45) is 0 Å². The van der Waals surface area contributed by atoms with Gasteiger partial charge in [0.05, 0.1) is 12.7 Å². The monoisotopic (exact) mass is 284 g/mol. The van der Waals surface area contributed by atoms with Crippen LogP contribution in [0.3, 0.4) is 0 Å². The molecule has 1 aliphatic heterocycles. The van der Waals surface area contributed by atoms with E-state index in [1.165, 1.54) is 10.8 Å². The maximum atomic E-state index is 11.8. The number of H-pyrrole nitrogens is 1. The fraction of sp³-hybridized carbons (Fsp3) is 0.692. The van der Waals surface area contributed by atoms with Gasteiger partial charge in [-0.05, 0) is 12.8 Å². The maximum absolute atomic E-state index is 11.8. The van der Waals surface area contributed by atoms with Gasteiger partial charge in [-0.3, -0.25) is 14.3 Å². The zero-order valence-electron chi connectivity index (χ0n) is 11.4. The van der Waals surface area contributed by atoms with Crippen LogP contribution in [0.4, 0.5) is 0 Å². The van der Waals surface area contributed by atoms with Gasteiger partial charge in [0, 0.05) is 18.2 Å². The molecule has 1 fully saturated rings. The second-order valence-corrected chi connectivity index (χ2v) is 5.04. The van der Waals surface area contributed by atoms with E-state index < -0.39 is 24.1 Å². The minimum Gasteiger partial charge on any atom is -0.394 e. The van der Waals surface area contributed by atoms with Crippen LogP contribution in [-0.2, 0) is 11.2 Å². The van der Waals surface area contributed by atoms with Crippen molar-refractivity contribution >= 4 is 0 Å². The van der Waals surface area contributed by atoms with Gasteiger partial charge in [0.15, 0.2) is 0 Å². The summed E-state index contributed by atoms with van der Waals surface area (Å²) in [7, 11) is 0. The van der Waals surface area contributed by atoms with E-state index in [0.29, 0.717) is 12.0 Å². The minimum atomic E-state index is -0.817. The highest BCUT2D eigenvalue weighted by Crippen LogP contribution is 2.27. The smallest absolute Gasteiger partial charge is 0.330 e. The summed E-state index contributed by atoms with van der Waals surface area (Å²) >= 11 is 0. The van der Waals surface area contributed by atoms with Crippen LogP contribution in [0.1, 0.15) is 38.0 Å². The van der Waals surface area contributed by atoms with Crippen LogP contribution < -0.4 is 11.2 Å². The van der Waals surface area contributed by atoms with E-state index in [1.807, 2.05) is 6.92 Å². The molecular weight excluding hydrogens is 264 g/mol. The molecule has 0 saturated carbocycles. The number of aromatic amines is 1. The first-order chi connectivity index (χ1) is 9.56. The molecule has 20 heavy (non-hydrogen) atoms. The first-order valence-electron chi connectivity index (χ1n) is 6.85. The Kier molecular flexibility index (Phi) is 4.74. The number of aromatic nitrogens is 2. The number of aryl methyl sites for hydroxylation is 1. The van der Waals surface area contributed by atoms with Crippen molar-refractivity contribution in [1.29, 1.82) is 0 Å². The number of hydrogen-bond donors (Lipinski definition) is 3. The predicted octanol–water partition coefficient (Wildman–Crippen LogP) is -0.480. The number of rotatable bonds is 5. The van der Waals surface area contributed by atoms with Crippen molar-refractivity contribution in [2.45, 2.75) is 51.0 Å². The summed E-state index contributed by atoms with van der Waals surface area (Å²) in [6, 6.07) is 0. The summed E-state index contributed by atoms with van der Waals surface area (Å²) in [5.41, 5.74) is -0.417. The molecular formula is C13H20N2O5. The third kappa shape index (κ3) is 3.00. The van der Waals surface area contributed by atoms with E-state index in [9.17, 15) is 14.7 Å². The highest BCUT2D eigenvalue weighted by atomic mass is 16.5. The molecule has 0 radical (unpaired) electrons. The Hall–Kier alpha value is -1.44. The SMILES string of the molecule is CCCCc1cn(C2CC(O)C(CO)O2)c(=O)[nH]c1=O. The quantitative estimate of drug-likeness (QED) is 0.677. The molecule has 3 N–H and O–H groups in total. The number of unbranched alkanes of at least 4 members (excludes halogenated alkanes) is 1. The fourth-order valence-electron chi connectivity index (χ4n) is 2.34. The average molecular weight is 284 g/mol. The molecule has 1 saturated heterocycles. The van der Waals surface area contributed by atoms with Gasteiger partial charge in [0.2, 0.25) is 0 Å². The number of nitrogens with one attached hydrogen (secondary N) is 1. The van der Waals surface area contributed by atoms with Crippen LogP contribution in [-0.4, -0.2) is 38.6 Å². The van der Waals surface area contributed by atoms with Gasteiger partial charge < -0.3 is 14.9 Å². The molecule has 3 unspecified atom stereocenters. The summed E-state index contributed by atoms with van der Waals surface area (Å²) in [4.78, 5) is 25.8. The average Bonchev–Trinajstić information content (AvgIpc) is 2.79. The normalized spacial score (nSPS) is 26.1. The topological polar surface area (TPSA) is 105 Å². The van der Waals surface area contributed by atoms with E-state index in [-0.39, 0.29) is 18.6 Å². The van der Waals surface area contributed by atoms with Crippen molar-refractivity contribution < 1.29 is 14.9 Å². The van der Waals surface area contributed by atoms with Crippen molar-refractivity contribution in [1.82, 2.24) is 9.55 Å². The molecule has 1 aliphatic rings. The number of aliphatic hydroxyl groups excluding tert-OH is 2. The van der Waals surface area contributed by atoms with Gasteiger partial charge in [-0.15, -0.1) is 0 Å². The van der Waals surface area contributed by atoms with Gasteiger partial charge in [0.1, 0.15) is 12.3 Å². The van der Waals surface area contributed by atoms with Crippen molar-refractivity contribution in [3.8, 4) is 0 Å². The van der Waals surface area contributed by atoms with Gasteiger partial charge in [-0.1, -0.05) is 13.3 Å². The summed E-state index contributed by atoms with van der Waals surface area (Å²) in [5.74, 6) is 0. The van der Waals surface area contributed by atoms with Crippen molar-refractivity contribution in [3.05, 3.63) is 32.6 Å². The number of aliphatic hydroxyl groups is 2. The number of hydrogen-bond acceptors (Lipinski definition) is 5. The zero-order valence-corrected chi connectivity index (χ0v) is 11.4. The fourth-order valence-corrected chi connectivity index (χ4v) is 2.34. The van der Waals surface area contributed by atoms with E-state index in [0.717, 1.165) is 12.8 Å². The van der Waals surface area contributed by atoms with Crippen LogP contribution in [0.2, 0.25) is 0 Å². The molecule has 0 aliphatic carbocycles. The van der Waals surface area contributed by atoms with Crippen LogP contribution in [0.25, 0.3) is 0 Å². The molecule has 0 aromatic carbocycles. The highest BCUT2D eigenvalue weighted by molar-refractivity contribution is 5.05. The lowest BCUT2D eigenvalue weighted by atomic mass is 10.1. The minimum absolute atomic E-state index is 0.213. The first kappa shape index (κ1) is 15.0. The molecule has 2 heterocycles. The molecule has 112 valence electrons. The van der Waals surface area contributed by atoms with E-state index in [1.54, 1.807) is 0 Å². The largest absolute Gasteiger partial charge is 0.394 e. The second kappa shape index (κ2) is 6.34. The van der Waals surface area contributed by atoms with Crippen molar-refractivity contribution in [3.63, 3.8) is 0 Å². The summed E-state index contributed by atoms with van der Waals surface area (Å²) in [6.07, 6.45) is 1.93. The van der Waals surface area contributed by atoms with E-state index >= 15 is 0 Å². The second-order valence-electron chi connectivity index (χ2n) is 5.04. The van der Waals surface area contributed by atoms with Crippen LogP contribution in [0, 0.1) is 0 Å². The first-order valence-corrected chi connectivity index (χ1v) is 6.85. The molecule has 3 atom stereocenters. The Morgan fingerprint density at radius 2 is 2.25 bits per heavy atom. The highest BCUT2D eigenvalue weighted by Gasteiger charge is 2.35. The van der Waals surface area contributed by atoms with Gasteiger partial charge in [0.25, 0.3) is 5.56 Å². The molecule has 1 aromatic heterocycles. The molecule has 0 spiro atoms.